The Labute approximate surface area is 230 Å². The van der Waals surface area contributed by atoms with Crippen molar-refractivity contribution in [2.45, 2.75) is 110 Å². The molecule has 2 atom stereocenters. The van der Waals surface area contributed by atoms with Gasteiger partial charge in [-0.1, -0.05) is 71.3 Å². The molecule has 2 aromatic rings. The van der Waals surface area contributed by atoms with E-state index < -0.39 is 18.2 Å². The van der Waals surface area contributed by atoms with Crippen molar-refractivity contribution >= 4 is 11.9 Å². The van der Waals surface area contributed by atoms with Gasteiger partial charge in [-0.25, -0.2) is 0 Å². The number of esters is 2. The van der Waals surface area contributed by atoms with E-state index in [2.05, 4.69) is 13.8 Å². The van der Waals surface area contributed by atoms with Gasteiger partial charge in [-0.2, -0.15) is 0 Å². The van der Waals surface area contributed by atoms with Gasteiger partial charge in [-0.3, -0.25) is 9.59 Å². The SMILES string of the molecule is CCCCCCCC(=O)Oc1cc(OC(=O)CCCCCCC)c2c(c1)O[C@H](c1ccc(O)c(O)c1)[C@@H](O)C2. The Kier molecular flexibility index (Phi) is 11.9. The molecule has 8 heteroatoms. The number of aromatic hydroxyl groups is 2. The quantitative estimate of drug-likeness (QED) is 0.0987. The topological polar surface area (TPSA) is 123 Å². The minimum atomic E-state index is -1.01. The molecule has 1 heterocycles. The maximum atomic E-state index is 12.6. The van der Waals surface area contributed by atoms with E-state index in [4.69, 9.17) is 14.2 Å². The van der Waals surface area contributed by atoms with Gasteiger partial charge in [0.1, 0.15) is 23.4 Å². The molecule has 1 aliphatic heterocycles. The van der Waals surface area contributed by atoms with Crippen molar-refractivity contribution in [2.24, 2.45) is 0 Å². The van der Waals surface area contributed by atoms with Gasteiger partial charge in [0.15, 0.2) is 11.5 Å². The van der Waals surface area contributed by atoms with Crippen molar-refractivity contribution in [3.05, 3.63) is 41.5 Å². The maximum absolute atomic E-state index is 12.6. The number of fused-ring (bicyclic) bond motifs is 1. The van der Waals surface area contributed by atoms with Crippen molar-refractivity contribution in [3.63, 3.8) is 0 Å². The summed E-state index contributed by atoms with van der Waals surface area (Å²) in [6, 6.07) is 7.27. The molecule has 0 aliphatic carbocycles. The number of carbonyl (C=O) groups excluding carboxylic acids is 2. The number of rotatable bonds is 15. The molecule has 0 saturated heterocycles. The van der Waals surface area contributed by atoms with Gasteiger partial charge in [0, 0.05) is 37.0 Å². The third-order valence-electron chi connectivity index (χ3n) is 6.91. The van der Waals surface area contributed by atoms with E-state index in [1.54, 1.807) is 12.1 Å². The molecule has 214 valence electrons. The molecular formula is C31H42O8. The Balaban J connectivity index is 1.78. The second-order valence-electron chi connectivity index (χ2n) is 10.2. The highest BCUT2D eigenvalue weighted by atomic mass is 16.6. The first-order valence-corrected chi connectivity index (χ1v) is 14.3. The Morgan fingerprint density at radius 3 is 2.05 bits per heavy atom. The monoisotopic (exact) mass is 542 g/mol. The van der Waals surface area contributed by atoms with Crippen LogP contribution in [0.15, 0.2) is 30.3 Å². The number of hydrogen-bond donors (Lipinski definition) is 3. The lowest BCUT2D eigenvalue weighted by molar-refractivity contribution is -0.135. The standard InChI is InChI=1S/C31H42O8/c1-3-5-7-9-11-13-29(35)37-22-18-27(38-30(36)14-12-10-8-6-4-2)23-20-26(34)31(39-28(23)19-22)21-15-16-24(32)25(33)17-21/h15-19,26,31-34H,3-14,20H2,1-2H3/t26-,31+/m0/s1. The zero-order valence-electron chi connectivity index (χ0n) is 23.1. The Morgan fingerprint density at radius 1 is 0.821 bits per heavy atom. The molecule has 0 aromatic heterocycles. The van der Waals surface area contributed by atoms with Gasteiger partial charge >= 0.3 is 11.9 Å². The summed E-state index contributed by atoms with van der Waals surface area (Å²) in [6.07, 6.45) is 8.80. The molecule has 0 bridgehead atoms. The van der Waals surface area contributed by atoms with Crippen LogP contribution in [0.25, 0.3) is 0 Å². The van der Waals surface area contributed by atoms with Crippen LogP contribution in [0.2, 0.25) is 0 Å². The van der Waals surface area contributed by atoms with E-state index in [0.29, 0.717) is 16.9 Å². The van der Waals surface area contributed by atoms with E-state index in [0.717, 1.165) is 64.2 Å². The predicted octanol–water partition coefficient (Wildman–Crippen LogP) is 6.67. The molecular weight excluding hydrogens is 500 g/mol. The van der Waals surface area contributed by atoms with Crippen LogP contribution in [-0.4, -0.2) is 33.4 Å². The van der Waals surface area contributed by atoms with E-state index >= 15 is 0 Å². The van der Waals surface area contributed by atoms with Gasteiger partial charge in [0.05, 0.1) is 6.10 Å². The second-order valence-corrected chi connectivity index (χ2v) is 10.2. The second kappa shape index (κ2) is 15.4. The van der Waals surface area contributed by atoms with Crippen LogP contribution in [0.4, 0.5) is 0 Å². The van der Waals surface area contributed by atoms with Gasteiger partial charge < -0.3 is 29.5 Å². The summed E-state index contributed by atoms with van der Waals surface area (Å²) in [7, 11) is 0. The molecule has 39 heavy (non-hydrogen) atoms. The lowest BCUT2D eigenvalue weighted by Crippen LogP contribution is -2.31. The number of benzene rings is 2. The van der Waals surface area contributed by atoms with Crippen molar-refractivity contribution in [3.8, 4) is 28.7 Å². The minimum absolute atomic E-state index is 0.117. The summed E-state index contributed by atoms with van der Waals surface area (Å²) in [4.78, 5) is 25.2. The van der Waals surface area contributed by atoms with Crippen LogP contribution in [0.5, 0.6) is 28.7 Å². The number of hydrogen-bond acceptors (Lipinski definition) is 8. The summed E-state index contributed by atoms with van der Waals surface area (Å²) in [6.45, 7) is 4.27. The highest BCUT2D eigenvalue weighted by molar-refractivity contribution is 5.75. The third kappa shape index (κ3) is 9.17. The van der Waals surface area contributed by atoms with Crippen LogP contribution in [0, 0.1) is 0 Å². The third-order valence-corrected chi connectivity index (χ3v) is 6.91. The summed E-state index contributed by atoms with van der Waals surface area (Å²) < 4.78 is 17.4. The van der Waals surface area contributed by atoms with E-state index in [1.165, 1.54) is 18.2 Å². The average molecular weight is 543 g/mol. The molecule has 1 aliphatic rings. The summed E-state index contributed by atoms with van der Waals surface area (Å²) >= 11 is 0. The van der Waals surface area contributed by atoms with Crippen LogP contribution in [0.3, 0.4) is 0 Å². The van der Waals surface area contributed by atoms with Crippen LogP contribution >= 0.6 is 0 Å². The van der Waals surface area contributed by atoms with Crippen molar-refractivity contribution < 1.29 is 39.1 Å². The largest absolute Gasteiger partial charge is 0.504 e. The van der Waals surface area contributed by atoms with E-state index in [-0.39, 0.29) is 48.2 Å². The fourth-order valence-electron chi connectivity index (χ4n) is 4.69. The molecule has 8 nitrogen and oxygen atoms in total. The Hall–Kier alpha value is -3.26. The fourth-order valence-corrected chi connectivity index (χ4v) is 4.69. The number of aliphatic hydroxyl groups is 1. The van der Waals surface area contributed by atoms with Crippen molar-refractivity contribution in [2.75, 3.05) is 0 Å². The number of carbonyl (C=O) groups is 2. The highest BCUT2D eigenvalue weighted by Gasteiger charge is 2.33. The van der Waals surface area contributed by atoms with Crippen LogP contribution in [0.1, 0.15) is 108 Å². The lowest BCUT2D eigenvalue weighted by atomic mass is 9.94. The van der Waals surface area contributed by atoms with E-state index in [9.17, 15) is 24.9 Å². The van der Waals surface area contributed by atoms with Gasteiger partial charge in [-0.15, -0.1) is 0 Å². The lowest BCUT2D eigenvalue weighted by Gasteiger charge is -2.32. The number of ether oxygens (including phenoxy) is 3. The van der Waals surface area contributed by atoms with Crippen LogP contribution in [-0.2, 0) is 16.0 Å². The molecule has 0 unspecified atom stereocenters. The zero-order chi connectivity index (χ0) is 28.2. The van der Waals surface area contributed by atoms with Gasteiger partial charge in [0.25, 0.3) is 0 Å². The molecule has 0 amide bonds. The zero-order valence-corrected chi connectivity index (χ0v) is 23.1. The first kappa shape index (κ1) is 30.3. The Bertz CT molecular complexity index is 1100. The molecule has 0 radical (unpaired) electrons. The van der Waals surface area contributed by atoms with Crippen molar-refractivity contribution in [1.82, 2.24) is 0 Å². The number of unbranched alkanes of at least 4 members (excludes halogenated alkanes) is 8. The predicted molar refractivity (Wildman–Crippen MR) is 147 cm³/mol. The molecule has 0 saturated carbocycles. The molecule has 2 aromatic carbocycles. The van der Waals surface area contributed by atoms with E-state index in [1.807, 2.05) is 0 Å². The first-order chi connectivity index (χ1) is 18.8. The molecule has 3 rings (SSSR count). The summed E-state index contributed by atoms with van der Waals surface area (Å²) in [5.41, 5.74) is 0.962. The van der Waals surface area contributed by atoms with Gasteiger partial charge in [0.2, 0.25) is 0 Å². The normalized spacial score (nSPS) is 16.3. The summed E-state index contributed by atoms with van der Waals surface area (Å²) in [5, 5.41) is 30.5. The molecule has 3 N–H and O–H groups in total. The van der Waals surface area contributed by atoms with Crippen LogP contribution < -0.4 is 14.2 Å². The Morgan fingerprint density at radius 2 is 1.44 bits per heavy atom. The molecule has 0 fully saturated rings. The average Bonchev–Trinajstić information content (AvgIpc) is 2.90. The van der Waals surface area contributed by atoms with Gasteiger partial charge in [-0.05, 0) is 30.5 Å². The minimum Gasteiger partial charge on any atom is -0.504 e. The first-order valence-electron chi connectivity index (χ1n) is 14.3. The fraction of sp³-hybridized carbons (Fsp3) is 0.548. The molecule has 0 spiro atoms. The number of phenolic OH excluding ortho intramolecular Hbond substituents is 2. The smallest absolute Gasteiger partial charge is 0.311 e. The highest BCUT2D eigenvalue weighted by Crippen LogP contribution is 2.43. The maximum Gasteiger partial charge on any atom is 0.311 e. The number of phenols is 2. The summed E-state index contributed by atoms with van der Waals surface area (Å²) in [5.74, 6) is -0.674. The number of aliphatic hydroxyl groups excluding tert-OH is 1. The van der Waals surface area contributed by atoms with Crippen molar-refractivity contribution in [1.29, 1.82) is 0 Å².